The van der Waals surface area contributed by atoms with E-state index in [4.69, 9.17) is 14.2 Å². The van der Waals surface area contributed by atoms with Crippen LogP contribution in [0.15, 0.2) is 18.2 Å². The molecule has 0 radical (unpaired) electrons. The van der Waals surface area contributed by atoms with Crippen LogP contribution in [0.2, 0.25) is 0 Å². The lowest BCUT2D eigenvalue weighted by molar-refractivity contribution is 0.0365. The SMILES string of the molecule is COc1ccc2c(c1OC)C(=O)O[C@@H]2CC(=O)c1cc(I)c(O)c(I)c1O. The molecular formula is C18H14I2O7. The van der Waals surface area contributed by atoms with Crippen LogP contribution in [0.3, 0.4) is 0 Å². The summed E-state index contributed by atoms with van der Waals surface area (Å²) in [5.74, 6) is -0.747. The third-order valence-corrected chi connectivity index (χ3v) is 6.06. The van der Waals surface area contributed by atoms with E-state index >= 15 is 0 Å². The largest absolute Gasteiger partial charge is 0.506 e. The number of hydrogen-bond acceptors (Lipinski definition) is 7. The summed E-state index contributed by atoms with van der Waals surface area (Å²) in [5, 5.41) is 20.1. The summed E-state index contributed by atoms with van der Waals surface area (Å²) < 4.78 is 16.5. The van der Waals surface area contributed by atoms with E-state index in [1.807, 2.05) is 22.6 Å². The first-order valence-corrected chi connectivity index (χ1v) is 9.84. The standard InChI is InChI=1S/C18H14I2O7/c1-25-11-4-3-7-12(27-18(24)13(7)17(11)26-2)6-10(21)8-5-9(19)16(23)14(20)15(8)22/h3-5,12,22-23H,6H2,1-2H3/t12-/m1/s1. The predicted molar refractivity (Wildman–Crippen MR) is 112 cm³/mol. The summed E-state index contributed by atoms with van der Waals surface area (Å²) in [4.78, 5) is 25.0. The number of methoxy groups -OCH3 is 2. The zero-order valence-electron chi connectivity index (χ0n) is 14.2. The number of hydrogen-bond donors (Lipinski definition) is 2. The molecule has 0 saturated carbocycles. The minimum atomic E-state index is -0.802. The van der Waals surface area contributed by atoms with Gasteiger partial charge in [-0.3, -0.25) is 4.79 Å². The Kier molecular flexibility index (Phi) is 5.70. The third-order valence-electron chi connectivity index (χ3n) is 4.22. The van der Waals surface area contributed by atoms with Crippen LogP contribution >= 0.6 is 45.2 Å². The second-order valence-corrected chi connectivity index (χ2v) is 7.94. The first-order chi connectivity index (χ1) is 12.8. The fourth-order valence-corrected chi connectivity index (χ4v) is 4.59. The van der Waals surface area contributed by atoms with Crippen molar-refractivity contribution < 1.29 is 34.0 Å². The van der Waals surface area contributed by atoms with Crippen LogP contribution in [-0.4, -0.2) is 36.2 Å². The number of halogens is 2. The molecule has 9 heteroatoms. The number of carbonyl (C=O) groups is 2. The molecule has 0 bridgehead atoms. The number of ketones is 1. The topological polar surface area (TPSA) is 102 Å². The maximum Gasteiger partial charge on any atom is 0.343 e. The van der Waals surface area contributed by atoms with Gasteiger partial charge in [-0.05, 0) is 57.3 Å². The van der Waals surface area contributed by atoms with Crippen molar-refractivity contribution in [3.05, 3.63) is 42.0 Å². The van der Waals surface area contributed by atoms with Gasteiger partial charge in [0.25, 0.3) is 0 Å². The maximum absolute atomic E-state index is 12.7. The van der Waals surface area contributed by atoms with Crippen molar-refractivity contribution in [2.24, 2.45) is 0 Å². The van der Waals surface area contributed by atoms with E-state index in [2.05, 4.69) is 0 Å². The van der Waals surface area contributed by atoms with Crippen molar-refractivity contribution >= 4 is 56.9 Å². The first-order valence-electron chi connectivity index (χ1n) is 7.69. The predicted octanol–water partition coefficient (Wildman–Crippen LogP) is 3.81. The van der Waals surface area contributed by atoms with Crippen LogP contribution < -0.4 is 9.47 Å². The number of benzene rings is 2. The summed E-state index contributed by atoms with van der Waals surface area (Å²) in [6.07, 6.45) is -0.957. The van der Waals surface area contributed by atoms with Crippen molar-refractivity contribution in [1.29, 1.82) is 0 Å². The molecule has 1 atom stereocenters. The molecule has 0 aromatic heterocycles. The molecule has 3 rings (SSSR count). The summed E-state index contributed by atoms with van der Waals surface area (Å²) in [7, 11) is 2.88. The molecule has 0 unspecified atom stereocenters. The van der Waals surface area contributed by atoms with Gasteiger partial charge in [0.05, 0.1) is 33.3 Å². The van der Waals surface area contributed by atoms with E-state index in [0.717, 1.165) is 0 Å². The van der Waals surface area contributed by atoms with Crippen LogP contribution in [0, 0.1) is 7.14 Å². The van der Waals surface area contributed by atoms with Crippen molar-refractivity contribution in [2.45, 2.75) is 12.5 Å². The summed E-state index contributed by atoms with van der Waals surface area (Å²) in [5.41, 5.74) is 0.814. The molecule has 2 aromatic rings. The number of Topliss-reactive ketones (excluding diaryl/α,β-unsaturated/α-hetero) is 1. The van der Waals surface area contributed by atoms with Gasteiger partial charge in [0, 0.05) is 5.56 Å². The Morgan fingerprint density at radius 1 is 1.19 bits per heavy atom. The van der Waals surface area contributed by atoms with Gasteiger partial charge in [-0.25, -0.2) is 4.79 Å². The van der Waals surface area contributed by atoms with Crippen LogP contribution in [0.4, 0.5) is 0 Å². The van der Waals surface area contributed by atoms with Crippen molar-refractivity contribution in [2.75, 3.05) is 14.2 Å². The number of phenolic OH excluding ortho intramolecular Hbond substituents is 2. The smallest absolute Gasteiger partial charge is 0.343 e. The Labute approximate surface area is 181 Å². The number of ether oxygens (including phenoxy) is 3. The second-order valence-electron chi connectivity index (χ2n) is 5.70. The van der Waals surface area contributed by atoms with E-state index in [9.17, 15) is 19.8 Å². The molecule has 7 nitrogen and oxygen atoms in total. The van der Waals surface area contributed by atoms with Gasteiger partial charge in [0.1, 0.15) is 23.2 Å². The Morgan fingerprint density at radius 2 is 1.89 bits per heavy atom. The van der Waals surface area contributed by atoms with Gasteiger partial charge in [-0.1, -0.05) is 6.07 Å². The van der Waals surface area contributed by atoms with E-state index in [1.165, 1.54) is 20.3 Å². The molecule has 0 aliphatic carbocycles. The number of phenols is 2. The van der Waals surface area contributed by atoms with Crippen molar-refractivity contribution in [1.82, 2.24) is 0 Å². The molecule has 1 heterocycles. The number of aromatic hydroxyl groups is 2. The fraction of sp³-hybridized carbons (Fsp3) is 0.222. The molecule has 1 aliphatic rings. The van der Waals surface area contributed by atoms with Crippen LogP contribution in [-0.2, 0) is 4.74 Å². The summed E-state index contributed by atoms with van der Waals surface area (Å²) >= 11 is 3.64. The molecule has 0 fully saturated rings. The van der Waals surface area contributed by atoms with Gasteiger partial charge >= 0.3 is 5.97 Å². The van der Waals surface area contributed by atoms with E-state index < -0.39 is 17.9 Å². The Hall–Kier alpha value is -1.76. The van der Waals surface area contributed by atoms with Gasteiger partial charge in [-0.15, -0.1) is 0 Å². The molecule has 0 saturated heterocycles. The number of esters is 1. The van der Waals surface area contributed by atoms with E-state index in [-0.39, 0.29) is 38.4 Å². The van der Waals surface area contributed by atoms with Crippen LogP contribution in [0.25, 0.3) is 0 Å². The Morgan fingerprint density at radius 3 is 2.52 bits per heavy atom. The van der Waals surface area contributed by atoms with Gasteiger partial charge < -0.3 is 24.4 Å². The van der Waals surface area contributed by atoms with Crippen LogP contribution in [0.1, 0.15) is 38.8 Å². The monoisotopic (exact) mass is 596 g/mol. The minimum Gasteiger partial charge on any atom is -0.506 e. The van der Waals surface area contributed by atoms with E-state index in [1.54, 1.807) is 34.7 Å². The quantitative estimate of drug-likeness (QED) is 0.308. The Balaban J connectivity index is 1.96. The van der Waals surface area contributed by atoms with Crippen LogP contribution in [0.5, 0.6) is 23.0 Å². The van der Waals surface area contributed by atoms with Gasteiger partial charge in [0.2, 0.25) is 0 Å². The number of rotatable bonds is 5. The average molecular weight is 596 g/mol. The lowest BCUT2D eigenvalue weighted by atomic mass is 9.97. The molecule has 27 heavy (non-hydrogen) atoms. The third kappa shape index (κ3) is 3.42. The molecule has 2 aromatic carbocycles. The second kappa shape index (κ2) is 7.70. The molecule has 0 amide bonds. The number of carbonyl (C=O) groups excluding carboxylic acids is 2. The normalized spacial score (nSPS) is 15.3. The minimum absolute atomic E-state index is 0.0616. The molecular weight excluding hydrogens is 582 g/mol. The molecule has 1 aliphatic heterocycles. The Bertz CT molecular complexity index is 955. The highest BCUT2D eigenvalue weighted by Crippen LogP contribution is 2.44. The lowest BCUT2D eigenvalue weighted by Gasteiger charge is -2.13. The fourth-order valence-electron chi connectivity index (χ4n) is 2.91. The maximum atomic E-state index is 12.7. The average Bonchev–Trinajstić information content (AvgIpc) is 2.97. The first kappa shape index (κ1) is 20.0. The lowest BCUT2D eigenvalue weighted by Crippen LogP contribution is -2.09. The molecule has 2 N–H and O–H groups in total. The highest BCUT2D eigenvalue weighted by molar-refractivity contribution is 14.1. The zero-order valence-corrected chi connectivity index (χ0v) is 18.5. The summed E-state index contributed by atoms with van der Waals surface area (Å²) in [6.45, 7) is 0. The zero-order chi connectivity index (χ0) is 19.9. The molecule has 0 spiro atoms. The van der Waals surface area contributed by atoms with Gasteiger partial charge in [0.15, 0.2) is 17.3 Å². The molecule has 142 valence electrons. The van der Waals surface area contributed by atoms with Crippen molar-refractivity contribution in [3.63, 3.8) is 0 Å². The highest BCUT2D eigenvalue weighted by atomic mass is 127. The number of fused-ring (bicyclic) bond motifs is 1. The highest BCUT2D eigenvalue weighted by Gasteiger charge is 2.37. The van der Waals surface area contributed by atoms with E-state index in [0.29, 0.717) is 14.9 Å². The van der Waals surface area contributed by atoms with Crippen molar-refractivity contribution in [3.8, 4) is 23.0 Å². The summed E-state index contributed by atoms with van der Waals surface area (Å²) in [6, 6.07) is 4.70. The number of cyclic esters (lactones) is 1. The van der Waals surface area contributed by atoms with Gasteiger partial charge in [-0.2, -0.15) is 0 Å².